The molecule has 0 unspecified atom stereocenters. The van der Waals surface area contributed by atoms with Gasteiger partial charge in [0.2, 0.25) is 0 Å². The molecule has 1 aromatic heterocycles. The summed E-state index contributed by atoms with van der Waals surface area (Å²) in [5, 5.41) is 1.68. The van der Waals surface area contributed by atoms with Crippen molar-refractivity contribution in [3.05, 3.63) is 30.1 Å². The zero-order valence-corrected chi connectivity index (χ0v) is 12.3. The predicted molar refractivity (Wildman–Crippen MR) is 75.1 cm³/mol. The molecule has 0 aliphatic carbocycles. The molecule has 0 atom stereocenters. The highest BCUT2D eigenvalue weighted by molar-refractivity contribution is 5.60. The number of hydroxylamine groups is 2. The summed E-state index contributed by atoms with van der Waals surface area (Å²) >= 11 is 0. The molecule has 0 amide bonds. The van der Waals surface area contributed by atoms with E-state index in [1.54, 1.807) is 11.3 Å². The number of pyridine rings is 1. The second-order valence-electron chi connectivity index (χ2n) is 6.05. The Morgan fingerprint density at radius 2 is 2.05 bits per heavy atom. The third kappa shape index (κ3) is 4.49. The number of carbonyl (C=O) groups is 1. The van der Waals surface area contributed by atoms with Crippen molar-refractivity contribution in [1.29, 1.82) is 0 Å². The van der Waals surface area contributed by atoms with Crippen LogP contribution in [0.5, 0.6) is 0 Å². The number of nitrogens with zero attached hydrogens (tertiary/aromatic N) is 2. The number of piperidine rings is 1. The van der Waals surface area contributed by atoms with Crippen LogP contribution in [0.3, 0.4) is 0 Å². The molecule has 1 fully saturated rings. The van der Waals surface area contributed by atoms with Crippen molar-refractivity contribution in [2.24, 2.45) is 0 Å². The molecule has 5 nitrogen and oxygen atoms in total. The fourth-order valence-electron chi connectivity index (χ4n) is 2.27. The van der Waals surface area contributed by atoms with Gasteiger partial charge in [0, 0.05) is 25.5 Å². The standard InChI is InChI=1S/C15H22N2O3/c1-15(2,3)19-14(18)20-17-9-6-12(7-10-17)13-5-4-8-16-11-13/h4-5,8,11-12H,6-7,9-10H2,1-3H3. The Kier molecular flexibility index (Phi) is 4.60. The molecule has 0 bridgehead atoms. The number of aromatic nitrogens is 1. The van der Waals surface area contributed by atoms with Crippen LogP contribution in [0, 0.1) is 0 Å². The summed E-state index contributed by atoms with van der Waals surface area (Å²) in [6.07, 6.45) is 4.97. The van der Waals surface area contributed by atoms with Gasteiger partial charge >= 0.3 is 6.16 Å². The average molecular weight is 278 g/mol. The van der Waals surface area contributed by atoms with Gasteiger partial charge in [0.1, 0.15) is 5.60 Å². The Bertz CT molecular complexity index is 434. The lowest BCUT2D eigenvalue weighted by molar-refractivity contribution is -0.152. The quantitative estimate of drug-likeness (QED) is 0.778. The van der Waals surface area contributed by atoms with E-state index >= 15 is 0 Å². The highest BCUT2D eigenvalue weighted by atomic mass is 16.8. The van der Waals surface area contributed by atoms with Crippen LogP contribution in [0.4, 0.5) is 4.79 Å². The van der Waals surface area contributed by atoms with Crippen molar-refractivity contribution < 1.29 is 14.4 Å². The largest absolute Gasteiger partial charge is 0.528 e. The van der Waals surface area contributed by atoms with Gasteiger partial charge in [0.15, 0.2) is 0 Å². The summed E-state index contributed by atoms with van der Waals surface area (Å²) in [7, 11) is 0. The fourth-order valence-corrected chi connectivity index (χ4v) is 2.27. The minimum atomic E-state index is -0.627. The maximum absolute atomic E-state index is 11.6. The van der Waals surface area contributed by atoms with Crippen LogP contribution in [0.25, 0.3) is 0 Å². The number of carbonyl (C=O) groups excluding carboxylic acids is 1. The molecule has 0 aromatic carbocycles. The summed E-state index contributed by atoms with van der Waals surface area (Å²) in [6.45, 7) is 6.91. The maximum atomic E-state index is 11.6. The minimum Gasteiger partial charge on any atom is -0.427 e. The summed E-state index contributed by atoms with van der Waals surface area (Å²) in [4.78, 5) is 20.9. The van der Waals surface area contributed by atoms with Crippen molar-refractivity contribution in [1.82, 2.24) is 10.0 Å². The predicted octanol–water partition coefficient (Wildman–Crippen LogP) is 3.13. The first-order chi connectivity index (χ1) is 9.44. The van der Waals surface area contributed by atoms with Gasteiger partial charge in [-0.25, -0.2) is 4.79 Å². The van der Waals surface area contributed by atoms with E-state index in [9.17, 15) is 4.79 Å². The minimum absolute atomic E-state index is 0.488. The topological polar surface area (TPSA) is 51.7 Å². The molecule has 2 rings (SSSR count). The lowest BCUT2D eigenvalue weighted by Crippen LogP contribution is -2.37. The van der Waals surface area contributed by atoms with Crippen molar-refractivity contribution in [2.45, 2.75) is 45.1 Å². The maximum Gasteiger partial charge on any atom is 0.528 e. The van der Waals surface area contributed by atoms with Crippen LogP contribution >= 0.6 is 0 Å². The molecule has 0 saturated carbocycles. The monoisotopic (exact) mass is 278 g/mol. The molecule has 1 aromatic rings. The summed E-state index contributed by atoms with van der Waals surface area (Å²) < 4.78 is 5.14. The van der Waals surface area contributed by atoms with Gasteiger partial charge in [-0.2, -0.15) is 0 Å². The highest BCUT2D eigenvalue weighted by Gasteiger charge is 2.25. The molecule has 1 aliphatic rings. The highest BCUT2D eigenvalue weighted by Crippen LogP contribution is 2.27. The second-order valence-corrected chi connectivity index (χ2v) is 6.05. The Balaban J connectivity index is 1.79. The summed E-state index contributed by atoms with van der Waals surface area (Å²) in [6, 6.07) is 4.06. The van der Waals surface area contributed by atoms with E-state index in [1.165, 1.54) is 5.56 Å². The number of hydrogen-bond acceptors (Lipinski definition) is 5. The van der Waals surface area contributed by atoms with Crippen LogP contribution in [0.2, 0.25) is 0 Å². The summed E-state index contributed by atoms with van der Waals surface area (Å²) in [5.74, 6) is 0.488. The van der Waals surface area contributed by atoms with Crippen molar-refractivity contribution in [2.75, 3.05) is 13.1 Å². The number of hydrogen-bond donors (Lipinski definition) is 0. The molecule has 0 radical (unpaired) electrons. The molecule has 20 heavy (non-hydrogen) atoms. The normalized spacial score (nSPS) is 17.8. The van der Waals surface area contributed by atoms with Crippen LogP contribution < -0.4 is 0 Å². The van der Waals surface area contributed by atoms with E-state index in [0.717, 1.165) is 25.9 Å². The molecular formula is C15H22N2O3. The van der Waals surface area contributed by atoms with Crippen molar-refractivity contribution >= 4 is 6.16 Å². The van der Waals surface area contributed by atoms with E-state index in [1.807, 2.05) is 33.0 Å². The first-order valence-corrected chi connectivity index (χ1v) is 7.00. The number of rotatable bonds is 2. The van der Waals surface area contributed by atoms with Crippen LogP contribution in [0.15, 0.2) is 24.5 Å². The van der Waals surface area contributed by atoms with E-state index < -0.39 is 11.8 Å². The van der Waals surface area contributed by atoms with Gasteiger partial charge in [0.05, 0.1) is 0 Å². The molecule has 0 N–H and O–H groups in total. The summed E-state index contributed by atoms with van der Waals surface area (Å²) in [5.41, 5.74) is 0.731. The van der Waals surface area contributed by atoms with Gasteiger partial charge in [0.25, 0.3) is 0 Å². The van der Waals surface area contributed by atoms with E-state index in [-0.39, 0.29) is 0 Å². The molecule has 1 aliphatic heterocycles. The zero-order chi connectivity index (χ0) is 14.6. The lowest BCUT2D eigenvalue weighted by Gasteiger charge is -2.31. The van der Waals surface area contributed by atoms with Crippen LogP contribution in [-0.2, 0) is 9.57 Å². The number of ether oxygens (including phenoxy) is 1. The average Bonchev–Trinajstić information content (AvgIpc) is 2.38. The van der Waals surface area contributed by atoms with Crippen molar-refractivity contribution in [3.63, 3.8) is 0 Å². The third-order valence-electron chi connectivity index (χ3n) is 3.20. The fraction of sp³-hybridized carbons (Fsp3) is 0.600. The van der Waals surface area contributed by atoms with E-state index in [2.05, 4.69) is 11.1 Å². The smallest absolute Gasteiger partial charge is 0.427 e. The molecular weight excluding hydrogens is 256 g/mol. The molecule has 0 spiro atoms. The molecule has 2 heterocycles. The second kappa shape index (κ2) is 6.22. The van der Waals surface area contributed by atoms with Gasteiger partial charge < -0.3 is 9.57 Å². The van der Waals surface area contributed by atoms with Gasteiger partial charge in [-0.15, -0.1) is 5.06 Å². The molecule has 1 saturated heterocycles. The first kappa shape index (κ1) is 14.8. The SMILES string of the molecule is CC(C)(C)OC(=O)ON1CCC(c2cccnc2)CC1. The first-order valence-electron chi connectivity index (χ1n) is 7.00. The van der Waals surface area contributed by atoms with Crippen LogP contribution in [-0.4, -0.2) is 34.9 Å². The van der Waals surface area contributed by atoms with Crippen LogP contribution in [0.1, 0.15) is 45.1 Å². The zero-order valence-electron chi connectivity index (χ0n) is 12.3. The Morgan fingerprint density at radius 1 is 1.35 bits per heavy atom. The van der Waals surface area contributed by atoms with Gasteiger partial charge in [-0.1, -0.05) is 6.07 Å². The van der Waals surface area contributed by atoms with E-state index in [0.29, 0.717) is 5.92 Å². The molecule has 5 heteroatoms. The Morgan fingerprint density at radius 3 is 2.60 bits per heavy atom. The lowest BCUT2D eigenvalue weighted by atomic mass is 9.91. The Hall–Kier alpha value is -1.62. The molecule has 110 valence electrons. The van der Waals surface area contributed by atoms with Crippen molar-refractivity contribution in [3.8, 4) is 0 Å². The van der Waals surface area contributed by atoms with Gasteiger partial charge in [-0.05, 0) is 51.2 Å². The van der Waals surface area contributed by atoms with E-state index in [4.69, 9.17) is 9.57 Å². The van der Waals surface area contributed by atoms with Gasteiger partial charge in [-0.3, -0.25) is 4.98 Å². The third-order valence-corrected chi connectivity index (χ3v) is 3.20. The Labute approximate surface area is 119 Å².